The minimum atomic E-state index is -0.787. The van der Waals surface area contributed by atoms with E-state index in [-0.39, 0.29) is 6.42 Å². The molecule has 4 heteroatoms. The van der Waals surface area contributed by atoms with Crippen molar-refractivity contribution in [2.24, 2.45) is 0 Å². The fraction of sp³-hybridized carbons (Fsp3) is 0.167. The van der Waals surface area contributed by atoms with E-state index in [4.69, 9.17) is 9.84 Å². The van der Waals surface area contributed by atoms with Crippen molar-refractivity contribution in [2.45, 2.75) is 19.6 Å². The van der Waals surface area contributed by atoms with Crippen molar-refractivity contribution in [1.29, 1.82) is 0 Å². The van der Waals surface area contributed by atoms with E-state index in [0.29, 0.717) is 13.2 Å². The molecule has 1 heterocycles. The zero-order valence-corrected chi connectivity index (χ0v) is 12.1. The lowest BCUT2D eigenvalue weighted by Gasteiger charge is -2.07. The van der Waals surface area contributed by atoms with Gasteiger partial charge in [-0.2, -0.15) is 0 Å². The summed E-state index contributed by atoms with van der Waals surface area (Å²) in [6, 6.07) is 17.9. The summed E-state index contributed by atoms with van der Waals surface area (Å²) in [5.74, 6) is 0.0250. The predicted molar refractivity (Wildman–Crippen MR) is 85.0 cm³/mol. The first-order chi connectivity index (χ1) is 10.7. The van der Waals surface area contributed by atoms with Crippen molar-refractivity contribution in [3.8, 4) is 5.75 Å². The second-order valence-corrected chi connectivity index (χ2v) is 5.15. The van der Waals surface area contributed by atoms with E-state index in [0.717, 1.165) is 22.2 Å². The number of carboxylic acid groups (broad SMARTS) is 1. The molecule has 112 valence electrons. The van der Waals surface area contributed by atoms with Gasteiger partial charge in [-0.15, -0.1) is 0 Å². The van der Waals surface area contributed by atoms with Crippen LogP contribution in [0.4, 0.5) is 0 Å². The lowest BCUT2D eigenvalue weighted by Crippen LogP contribution is -2.03. The summed E-state index contributed by atoms with van der Waals surface area (Å²) in [7, 11) is 0. The molecule has 0 amide bonds. The number of carbonyl (C=O) groups is 1. The highest BCUT2D eigenvalue weighted by Crippen LogP contribution is 2.23. The Hall–Kier alpha value is -2.75. The summed E-state index contributed by atoms with van der Waals surface area (Å²) >= 11 is 0. The lowest BCUT2D eigenvalue weighted by atomic mass is 10.2. The molecule has 1 N–H and O–H groups in total. The second kappa shape index (κ2) is 6.35. The van der Waals surface area contributed by atoms with Gasteiger partial charge in [0, 0.05) is 23.6 Å². The van der Waals surface area contributed by atoms with Crippen LogP contribution in [0.15, 0.2) is 60.8 Å². The number of hydrogen-bond acceptors (Lipinski definition) is 2. The summed E-state index contributed by atoms with van der Waals surface area (Å²) in [5.41, 5.74) is 2.15. The standard InChI is InChI=1S/C18H17NO3/c20-18(21)9-11-19-10-8-15-12-16(6-7-17(15)19)22-13-14-4-2-1-3-5-14/h1-8,10,12H,9,11,13H2,(H,20,21). The molecular weight excluding hydrogens is 278 g/mol. The fourth-order valence-electron chi connectivity index (χ4n) is 2.42. The summed E-state index contributed by atoms with van der Waals surface area (Å²) in [5, 5.41) is 9.83. The Bertz CT molecular complexity index is 777. The van der Waals surface area contributed by atoms with Gasteiger partial charge in [-0.25, -0.2) is 0 Å². The van der Waals surface area contributed by atoms with Gasteiger partial charge in [0.1, 0.15) is 12.4 Å². The number of rotatable bonds is 6. The Labute approximate surface area is 128 Å². The highest BCUT2D eigenvalue weighted by atomic mass is 16.5. The molecule has 0 aliphatic carbocycles. The average molecular weight is 295 g/mol. The van der Waals surface area contributed by atoms with Crippen molar-refractivity contribution in [1.82, 2.24) is 4.57 Å². The van der Waals surface area contributed by atoms with E-state index in [1.807, 2.05) is 65.4 Å². The Morgan fingerprint density at radius 3 is 2.68 bits per heavy atom. The summed E-state index contributed by atoms with van der Waals surface area (Å²) < 4.78 is 7.75. The van der Waals surface area contributed by atoms with Crippen LogP contribution in [0.1, 0.15) is 12.0 Å². The van der Waals surface area contributed by atoms with Crippen LogP contribution in [0, 0.1) is 0 Å². The lowest BCUT2D eigenvalue weighted by molar-refractivity contribution is -0.137. The van der Waals surface area contributed by atoms with Crippen molar-refractivity contribution in [3.63, 3.8) is 0 Å². The number of aliphatic carboxylic acids is 1. The second-order valence-electron chi connectivity index (χ2n) is 5.15. The molecule has 22 heavy (non-hydrogen) atoms. The first-order valence-electron chi connectivity index (χ1n) is 7.20. The van der Waals surface area contributed by atoms with E-state index >= 15 is 0 Å². The molecule has 0 saturated carbocycles. The maximum absolute atomic E-state index is 10.7. The molecule has 0 bridgehead atoms. The van der Waals surface area contributed by atoms with E-state index in [9.17, 15) is 4.79 Å². The number of fused-ring (bicyclic) bond motifs is 1. The molecule has 0 spiro atoms. The monoisotopic (exact) mass is 295 g/mol. The van der Waals surface area contributed by atoms with Crippen LogP contribution in [-0.4, -0.2) is 15.6 Å². The van der Waals surface area contributed by atoms with Crippen LogP contribution in [0.25, 0.3) is 10.9 Å². The quantitative estimate of drug-likeness (QED) is 0.754. The van der Waals surface area contributed by atoms with Crippen molar-refractivity contribution in [2.75, 3.05) is 0 Å². The minimum absolute atomic E-state index is 0.121. The van der Waals surface area contributed by atoms with Gasteiger partial charge in [0.15, 0.2) is 0 Å². The van der Waals surface area contributed by atoms with Gasteiger partial charge in [0.25, 0.3) is 0 Å². The molecule has 2 aromatic carbocycles. The summed E-state index contributed by atoms with van der Waals surface area (Å²) in [6.07, 6.45) is 2.03. The molecule has 0 aliphatic rings. The molecule has 1 aromatic heterocycles. The van der Waals surface area contributed by atoms with Crippen LogP contribution in [-0.2, 0) is 17.9 Å². The Balaban J connectivity index is 1.72. The van der Waals surface area contributed by atoms with E-state index in [2.05, 4.69) is 0 Å². The number of nitrogens with zero attached hydrogens (tertiary/aromatic N) is 1. The van der Waals surface area contributed by atoms with Crippen molar-refractivity contribution >= 4 is 16.9 Å². The number of aromatic nitrogens is 1. The molecule has 0 saturated heterocycles. The minimum Gasteiger partial charge on any atom is -0.489 e. The van der Waals surface area contributed by atoms with Crippen molar-refractivity contribution < 1.29 is 14.6 Å². The Morgan fingerprint density at radius 2 is 1.91 bits per heavy atom. The van der Waals surface area contributed by atoms with Gasteiger partial charge in [-0.3, -0.25) is 4.79 Å². The van der Waals surface area contributed by atoms with Crippen molar-refractivity contribution in [3.05, 3.63) is 66.4 Å². The molecule has 3 rings (SSSR count). The van der Waals surface area contributed by atoms with Crippen LogP contribution >= 0.6 is 0 Å². The number of hydrogen-bond donors (Lipinski definition) is 1. The number of aryl methyl sites for hydroxylation is 1. The third-order valence-corrected chi connectivity index (χ3v) is 3.56. The topological polar surface area (TPSA) is 51.5 Å². The largest absolute Gasteiger partial charge is 0.489 e. The van der Waals surface area contributed by atoms with Gasteiger partial charge in [0.05, 0.1) is 6.42 Å². The number of benzene rings is 2. The zero-order valence-electron chi connectivity index (χ0n) is 12.1. The van der Waals surface area contributed by atoms with E-state index < -0.39 is 5.97 Å². The molecular formula is C18H17NO3. The third-order valence-electron chi connectivity index (χ3n) is 3.56. The SMILES string of the molecule is O=C(O)CCn1ccc2cc(OCc3ccccc3)ccc21. The van der Waals surface area contributed by atoms with Crippen LogP contribution < -0.4 is 4.74 Å². The fourth-order valence-corrected chi connectivity index (χ4v) is 2.42. The molecule has 3 aromatic rings. The highest BCUT2D eigenvalue weighted by molar-refractivity contribution is 5.81. The maximum Gasteiger partial charge on any atom is 0.305 e. The summed E-state index contributed by atoms with van der Waals surface area (Å²) in [6.45, 7) is 1.01. The van der Waals surface area contributed by atoms with Gasteiger partial charge in [-0.1, -0.05) is 30.3 Å². The Kier molecular flexibility index (Phi) is 4.10. The van der Waals surface area contributed by atoms with Crippen LogP contribution in [0.5, 0.6) is 5.75 Å². The smallest absolute Gasteiger partial charge is 0.305 e. The maximum atomic E-state index is 10.7. The first-order valence-corrected chi connectivity index (χ1v) is 7.20. The molecule has 0 unspecified atom stereocenters. The van der Waals surface area contributed by atoms with E-state index in [1.165, 1.54) is 0 Å². The zero-order chi connectivity index (χ0) is 15.4. The van der Waals surface area contributed by atoms with Crippen LogP contribution in [0.2, 0.25) is 0 Å². The van der Waals surface area contributed by atoms with Gasteiger partial charge in [0.2, 0.25) is 0 Å². The van der Waals surface area contributed by atoms with E-state index in [1.54, 1.807) is 0 Å². The highest BCUT2D eigenvalue weighted by Gasteiger charge is 2.05. The average Bonchev–Trinajstić information content (AvgIpc) is 2.94. The first kappa shape index (κ1) is 14.2. The van der Waals surface area contributed by atoms with Gasteiger partial charge in [-0.05, 0) is 29.8 Å². The Morgan fingerprint density at radius 1 is 1.09 bits per heavy atom. The number of ether oxygens (including phenoxy) is 1. The molecule has 0 atom stereocenters. The van der Waals surface area contributed by atoms with Crippen LogP contribution in [0.3, 0.4) is 0 Å². The molecule has 0 radical (unpaired) electrons. The predicted octanol–water partition coefficient (Wildman–Crippen LogP) is 3.70. The number of carboxylic acids is 1. The third kappa shape index (κ3) is 3.28. The van der Waals surface area contributed by atoms with Gasteiger partial charge >= 0.3 is 5.97 Å². The normalized spacial score (nSPS) is 10.7. The molecule has 0 fully saturated rings. The molecule has 0 aliphatic heterocycles. The summed E-state index contributed by atoms with van der Waals surface area (Å²) in [4.78, 5) is 10.7. The van der Waals surface area contributed by atoms with Gasteiger partial charge < -0.3 is 14.4 Å². The molecule has 4 nitrogen and oxygen atoms in total.